The van der Waals surface area contributed by atoms with E-state index in [-0.39, 0.29) is 31.1 Å². The van der Waals surface area contributed by atoms with E-state index in [9.17, 15) is 19.2 Å². The van der Waals surface area contributed by atoms with Crippen LogP contribution in [0.3, 0.4) is 0 Å². The van der Waals surface area contributed by atoms with Crippen LogP contribution in [-0.2, 0) is 14.3 Å². The van der Waals surface area contributed by atoms with Gasteiger partial charge in [-0.25, -0.2) is 0 Å². The average Bonchev–Trinajstić information content (AvgIpc) is 2.94. The summed E-state index contributed by atoms with van der Waals surface area (Å²) in [5.41, 5.74) is 3.21. The number of nitrogens with one attached hydrogen (secondary N) is 1. The van der Waals surface area contributed by atoms with Gasteiger partial charge in [0.2, 0.25) is 5.91 Å². The van der Waals surface area contributed by atoms with Gasteiger partial charge in [0, 0.05) is 47.8 Å². The van der Waals surface area contributed by atoms with Gasteiger partial charge in [0.15, 0.2) is 5.78 Å². The molecule has 0 saturated carbocycles. The summed E-state index contributed by atoms with van der Waals surface area (Å²) in [7, 11) is 0. The Morgan fingerprint density at radius 2 is 1.44 bits per heavy atom. The van der Waals surface area contributed by atoms with Crippen LogP contribution in [0.15, 0.2) is 72.8 Å². The number of ketones is 1. The van der Waals surface area contributed by atoms with Crippen LogP contribution in [0.1, 0.15) is 54.3 Å². The molecule has 0 aromatic heterocycles. The molecule has 0 heterocycles. The maximum absolute atomic E-state index is 13.0. The number of Topliss-reactive ketones (excluding diaryl/α,β-unsaturated/α-hetero) is 1. The zero-order valence-electron chi connectivity index (χ0n) is 22.4. The molecule has 1 atom stereocenters. The van der Waals surface area contributed by atoms with E-state index in [2.05, 4.69) is 5.32 Å². The van der Waals surface area contributed by atoms with E-state index < -0.39 is 17.8 Å². The molecular weight excluding hydrogens is 516 g/mol. The summed E-state index contributed by atoms with van der Waals surface area (Å²) in [4.78, 5) is 52.9. The number of rotatable bonds is 12. The van der Waals surface area contributed by atoms with Crippen molar-refractivity contribution in [2.45, 2.75) is 33.6 Å². The predicted molar refractivity (Wildman–Crippen MR) is 153 cm³/mol. The SMILES string of the molecule is CCOC(=O)C(CC(=O)Nc1cccc(C(=O)N(CC)CC)c1)CC(=O)c1ccc(-c2ccc(Cl)cc2)cc1. The first-order valence-corrected chi connectivity index (χ1v) is 13.4. The molecule has 0 aliphatic rings. The van der Waals surface area contributed by atoms with Gasteiger partial charge in [0.05, 0.1) is 12.5 Å². The summed E-state index contributed by atoms with van der Waals surface area (Å²) in [6.45, 7) is 6.76. The fourth-order valence-electron chi connectivity index (χ4n) is 4.19. The van der Waals surface area contributed by atoms with Crippen LogP contribution in [0.2, 0.25) is 5.02 Å². The lowest BCUT2D eigenvalue weighted by molar-refractivity contribution is -0.149. The van der Waals surface area contributed by atoms with E-state index in [0.717, 1.165) is 11.1 Å². The van der Waals surface area contributed by atoms with Gasteiger partial charge in [-0.15, -0.1) is 0 Å². The van der Waals surface area contributed by atoms with Crippen LogP contribution >= 0.6 is 11.6 Å². The van der Waals surface area contributed by atoms with E-state index in [1.165, 1.54) is 0 Å². The largest absolute Gasteiger partial charge is 0.466 e. The first-order chi connectivity index (χ1) is 18.7. The van der Waals surface area contributed by atoms with E-state index in [4.69, 9.17) is 16.3 Å². The molecule has 3 aromatic carbocycles. The minimum Gasteiger partial charge on any atom is -0.466 e. The number of hydrogen-bond donors (Lipinski definition) is 1. The third kappa shape index (κ3) is 8.26. The molecule has 8 heteroatoms. The number of carbonyl (C=O) groups excluding carboxylic acids is 4. The van der Waals surface area contributed by atoms with Gasteiger partial charge in [0.25, 0.3) is 5.91 Å². The lowest BCUT2D eigenvalue weighted by atomic mass is 9.94. The van der Waals surface area contributed by atoms with Crippen LogP contribution in [0.5, 0.6) is 0 Å². The molecule has 2 amide bonds. The predicted octanol–water partition coefficient (Wildman–Crippen LogP) is 6.27. The Balaban J connectivity index is 1.69. The van der Waals surface area contributed by atoms with Gasteiger partial charge in [0.1, 0.15) is 0 Å². The van der Waals surface area contributed by atoms with Crippen molar-refractivity contribution in [3.05, 3.63) is 88.9 Å². The first kappa shape index (κ1) is 29.6. The van der Waals surface area contributed by atoms with Crippen LogP contribution in [0.25, 0.3) is 11.1 Å². The summed E-state index contributed by atoms with van der Waals surface area (Å²) in [6, 6.07) is 21.1. The van der Waals surface area contributed by atoms with Crippen LogP contribution in [0, 0.1) is 5.92 Å². The van der Waals surface area contributed by atoms with Gasteiger partial charge in [-0.05, 0) is 62.2 Å². The van der Waals surface area contributed by atoms with Gasteiger partial charge in [-0.2, -0.15) is 0 Å². The number of hydrogen-bond acceptors (Lipinski definition) is 5. The smallest absolute Gasteiger partial charge is 0.309 e. The Labute approximate surface area is 234 Å². The van der Waals surface area contributed by atoms with Crippen LogP contribution in [0.4, 0.5) is 5.69 Å². The lowest BCUT2D eigenvalue weighted by Crippen LogP contribution is -2.30. The number of anilines is 1. The topological polar surface area (TPSA) is 92.8 Å². The number of esters is 1. The molecule has 204 valence electrons. The summed E-state index contributed by atoms with van der Waals surface area (Å²) in [5, 5.41) is 3.38. The standard InChI is InChI=1S/C31H33ClN2O5/c1-4-34(5-2)30(37)24-8-7-9-27(18-24)33-29(36)20-25(31(38)39-6-3)19-28(35)23-12-10-21(11-13-23)22-14-16-26(32)17-15-22/h7-18,25H,4-6,19-20H2,1-3H3,(H,33,36). The van der Waals surface area contributed by atoms with E-state index in [1.54, 1.807) is 60.4 Å². The number of nitrogens with zero attached hydrogens (tertiary/aromatic N) is 1. The molecule has 0 aliphatic heterocycles. The van der Waals surface area contributed by atoms with E-state index in [1.807, 2.05) is 38.1 Å². The molecule has 3 aromatic rings. The van der Waals surface area contributed by atoms with Crippen molar-refractivity contribution in [2.75, 3.05) is 25.0 Å². The molecule has 0 aliphatic carbocycles. The Kier molecular flexibility index (Phi) is 10.8. The Morgan fingerprint density at radius 3 is 2.03 bits per heavy atom. The molecule has 39 heavy (non-hydrogen) atoms. The number of carbonyl (C=O) groups is 4. The van der Waals surface area contributed by atoms with Crippen molar-refractivity contribution in [1.82, 2.24) is 4.90 Å². The molecule has 0 spiro atoms. The van der Waals surface area contributed by atoms with Gasteiger partial charge in [-0.1, -0.05) is 54.1 Å². The fourth-order valence-corrected chi connectivity index (χ4v) is 4.32. The molecule has 0 saturated heterocycles. The third-order valence-electron chi connectivity index (χ3n) is 6.31. The highest BCUT2D eigenvalue weighted by atomic mass is 35.5. The molecular formula is C31H33ClN2O5. The molecule has 1 N–H and O–H groups in total. The Hall–Kier alpha value is -3.97. The quantitative estimate of drug-likeness (QED) is 0.213. The summed E-state index contributed by atoms with van der Waals surface area (Å²) in [5.74, 6) is -2.41. The molecule has 0 radical (unpaired) electrons. The van der Waals surface area contributed by atoms with E-state index >= 15 is 0 Å². The van der Waals surface area contributed by atoms with Gasteiger partial charge < -0.3 is 15.0 Å². The highest BCUT2D eigenvalue weighted by Crippen LogP contribution is 2.24. The van der Waals surface area contributed by atoms with Crippen LogP contribution in [-0.4, -0.2) is 48.2 Å². The van der Waals surface area contributed by atoms with E-state index in [0.29, 0.717) is 34.9 Å². The van der Waals surface area contributed by atoms with Gasteiger partial charge in [-0.3, -0.25) is 19.2 Å². The van der Waals surface area contributed by atoms with Crippen molar-refractivity contribution in [3.8, 4) is 11.1 Å². The normalized spacial score (nSPS) is 11.4. The second kappa shape index (κ2) is 14.3. The van der Waals surface area contributed by atoms with Gasteiger partial charge >= 0.3 is 5.97 Å². The minimum absolute atomic E-state index is 0.131. The molecule has 0 bridgehead atoms. The van der Waals surface area contributed by atoms with Crippen molar-refractivity contribution in [3.63, 3.8) is 0 Å². The molecule has 0 fully saturated rings. The molecule has 3 rings (SSSR count). The minimum atomic E-state index is -0.950. The average molecular weight is 549 g/mol. The second-order valence-electron chi connectivity index (χ2n) is 8.97. The zero-order valence-corrected chi connectivity index (χ0v) is 23.2. The second-order valence-corrected chi connectivity index (χ2v) is 9.41. The van der Waals surface area contributed by atoms with Crippen molar-refractivity contribution in [2.24, 2.45) is 5.92 Å². The Bertz CT molecular complexity index is 1300. The van der Waals surface area contributed by atoms with Crippen molar-refractivity contribution >= 4 is 40.9 Å². The maximum Gasteiger partial charge on any atom is 0.309 e. The maximum atomic E-state index is 13.0. The fraction of sp³-hybridized carbons (Fsp3) is 0.290. The highest BCUT2D eigenvalue weighted by Gasteiger charge is 2.27. The van der Waals surface area contributed by atoms with Crippen LogP contribution < -0.4 is 5.32 Å². The third-order valence-corrected chi connectivity index (χ3v) is 6.56. The lowest BCUT2D eigenvalue weighted by Gasteiger charge is -2.19. The van der Waals surface area contributed by atoms with Crippen molar-refractivity contribution < 1.29 is 23.9 Å². The molecule has 1 unspecified atom stereocenters. The van der Waals surface area contributed by atoms with Crippen molar-refractivity contribution in [1.29, 1.82) is 0 Å². The zero-order chi connectivity index (χ0) is 28.4. The number of amides is 2. The monoisotopic (exact) mass is 548 g/mol. The number of halogens is 1. The summed E-state index contributed by atoms with van der Waals surface area (Å²) in [6.07, 6.45) is -0.408. The number of ether oxygens (including phenoxy) is 1. The summed E-state index contributed by atoms with van der Waals surface area (Å²) >= 11 is 5.96. The number of benzene rings is 3. The first-order valence-electron chi connectivity index (χ1n) is 13.0. The summed E-state index contributed by atoms with van der Waals surface area (Å²) < 4.78 is 5.15. The highest BCUT2D eigenvalue weighted by molar-refractivity contribution is 6.30. The Morgan fingerprint density at radius 1 is 0.821 bits per heavy atom. The molecule has 7 nitrogen and oxygen atoms in total.